The molecule has 0 aliphatic rings. The van der Waals surface area contributed by atoms with Gasteiger partial charge in [-0.05, 0) is 32.0 Å². The fourth-order valence-electron chi connectivity index (χ4n) is 2.06. The summed E-state index contributed by atoms with van der Waals surface area (Å²) in [5, 5.41) is 18.1. The number of nitriles is 1. The molecule has 0 heterocycles. The molecule has 0 bridgehead atoms. The van der Waals surface area contributed by atoms with Crippen molar-refractivity contribution in [1.82, 2.24) is 4.90 Å². The number of benzene rings is 1. The van der Waals surface area contributed by atoms with Crippen LogP contribution >= 0.6 is 0 Å². The van der Waals surface area contributed by atoms with E-state index < -0.39 is 5.97 Å². The van der Waals surface area contributed by atoms with Crippen molar-refractivity contribution in [2.45, 2.75) is 13.8 Å². The molecule has 0 spiro atoms. The van der Waals surface area contributed by atoms with E-state index in [1.165, 1.54) is 12.1 Å². The molecule has 0 saturated heterocycles. The molecule has 21 heavy (non-hydrogen) atoms. The number of likely N-dealkylation sites (N-methyl/N-ethyl adjacent to an activating group) is 2. The third-order valence-corrected chi connectivity index (χ3v) is 3.26. The van der Waals surface area contributed by atoms with Crippen LogP contribution in [0.1, 0.15) is 29.8 Å². The lowest BCUT2D eigenvalue weighted by atomic mass is 10.1. The molecule has 1 rings (SSSR count). The van der Waals surface area contributed by atoms with E-state index >= 15 is 0 Å². The largest absolute Gasteiger partial charge is 0.478 e. The topological polar surface area (TPSA) is 84.6 Å². The van der Waals surface area contributed by atoms with E-state index in [4.69, 9.17) is 10.4 Å². The fourth-order valence-corrected chi connectivity index (χ4v) is 2.06. The summed E-state index contributed by atoms with van der Waals surface area (Å²) in [7, 11) is 1.71. The average Bonchev–Trinajstić information content (AvgIpc) is 2.47. The number of anilines is 1. The van der Waals surface area contributed by atoms with Crippen molar-refractivity contribution in [1.29, 1.82) is 5.26 Å². The summed E-state index contributed by atoms with van der Waals surface area (Å²) < 4.78 is 0. The molecule has 0 atom stereocenters. The molecular weight excluding hydrogens is 270 g/mol. The lowest BCUT2D eigenvalue weighted by molar-refractivity contribution is -0.129. The summed E-state index contributed by atoms with van der Waals surface area (Å²) in [4.78, 5) is 26.3. The number of aromatic carboxylic acids is 1. The first-order chi connectivity index (χ1) is 9.94. The molecule has 1 amide bonds. The van der Waals surface area contributed by atoms with Gasteiger partial charge in [-0.2, -0.15) is 5.26 Å². The highest BCUT2D eigenvalue weighted by atomic mass is 16.4. The van der Waals surface area contributed by atoms with Crippen LogP contribution in [-0.4, -0.2) is 48.6 Å². The van der Waals surface area contributed by atoms with Gasteiger partial charge >= 0.3 is 5.97 Å². The lowest BCUT2D eigenvalue weighted by Gasteiger charge is -2.25. The lowest BCUT2D eigenvalue weighted by Crippen LogP contribution is -2.39. The second-order valence-corrected chi connectivity index (χ2v) is 4.57. The Kier molecular flexibility index (Phi) is 5.73. The molecule has 0 unspecified atom stereocenters. The SMILES string of the molecule is CCN(CC)C(=O)CN(C)c1ccc(C(=O)O)cc1C#N. The maximum Gasteiger partial charge on any atom is 0.335 e. The highest BCUT2D eigenvalue weighted by Crippen LogP contribution is 2.20. The van der Waals surface area contributed by atoms with Crippen LogP contribution in [-0.2, 0) is 4.79 Å². The van der Waals surface area contributed by atoms with Gasteiger partial charge in [0, 0.05) is 20.1 Å². The minimum Gasteiger partial charge on any atom is -0.478 e. The first-order valence-electron chi connectivity index (χ1n) is 6.70. The molecule has 6 heteroatoms. The van der Waals surface area contributed by atoms with Gasteiger partial charge in [0.25, 0.3) is 0 Å². The van der Waals surface area contributed by atoms with Gasteiger partial charge in [0.1, 0.15) is 6.07 Å². The zero-order valence-corrected chi connectivity index (χ0v) is 12.5. The molecule has 1 aromatic carbocycles. The standard InChI is InChI=1S/C15H19N3O3/c1-4-18(5-2)14(19)10-17(3)13-7-6-11(15(20)21)8-12(13)9-16/h6-8H,4-5,10H2,1-3H3,(H,20,21). The van der Waals surface area contributed by atoms with Crippen LogP contribution in [0.5, 0.6) is 0 Å². The van der Waals surface area contributed by atoms with Crippen LogP contribution in [0, 0.1) is 11.3 Å². The molecule has 112 valence electrons. The van der Waals surface area contributed by atoms with Crippen molar-refractivity contribution in [3.05, 3.63) is 29.3 Å². The van der Waals surface area contributed by atoms with Crippen molar-refractivity contribution in [3.63, 3.8) is 0 Å². The van der Waals surface area contributed by atoms with E-state index in [2.05, 4.69) is 0 Å². The number of hydrogen-bond acceptors (Lipinski definition) is 4. The van der Waals surface area contributed by atoms with E-state index in [9.17, 15) is 9.59 Å². The molecule has 1 aromatic rings. The first kappa shape index (κ1) is 16.5. The number of amides is 1. The van der Waals surface area contributed by atoms with Gasteiger partial charge in [-0.3, -0.25) is 4.79 Å². The van der Waals surface area contributed by atoms with E-state index in [0.29, 0.717) is 18.8 Å². The van der Waals surface area contributed by atoms with E-state index in [-0.39, 0.29) is 23.6 Å². The molecule has 6 nitrogen and oxygen atoms in total. The number of nitrogens with zero attached hydrogens (tertiary/aromatic N) is 3. The summed E-state index contributed by atoms with van der Waals surface area (Å²) in [6.07, 6.45) is 0. The number of carbonyl (C=O) groups is 2. The van der Waals surface area contributed by atoms with Gasteiger partial charge in [-0.25, -0.2) is 4.79 Å². The van der Waals surface area contributed by atoms with E-state index in [1.54, 1.807) is 22.9 Å². The third kappa shape index (κ3) is 3.96. The van der Waals surface area contributed by atoms with Gasteiger partial charge in [0.2, 0.25) is 5.91 Å². The van der Waals surface area contributed by atoms with E-state index in [1.807, 2.05) is 19.9 Å². The summed E-state index contributed by atoms with van der Waals surface area (Å²) in [5.74, 6) is -1.12. The van der Waals surface area contributed by atoms with Gasteiger partial charge in [0.15, 0.2) is 0 Å². The Hall–Kier alpha value is -2.55. The van der Waals surface area contributed by atoms with Crippen LogP contribution in [0.3, 0.4) is 0 Å². The number of carboxylic acids is 1. The second-order valence-electron chi connectivity index (χ2n) is 4.57. The number of carboxylic acid groups (broad SMARTS) is 1. The van der Waals surface area contributed by atoms with Gasteiger partial charge in [0.05, 0.1) is 23.4 Å². The van der Waals surface area contributed by atoms with Gasteiger partial charge in [-0.15, -0.1) is 0 Å². The first-order valence-corrected chi connectivity index (χ1v) is 6.70. The summed E-state index contributed by atoms with van der Waals surface area (Å²) in [5.41, 5.74) is 0.839. The number of carbonyl (C=O) groups excluding carboxylic acids is 1. The molecular formula is C15H19N3O3. The minimum absolute atomic E-state index is 0.0336. The summed E-state index contributed by atoms with van der Waals surface area (Å²) in [6, 6.07) is 6.27. The van der Waals surface area contributed by atoms with Gasteiger partial charge in [-0.1, -0.05) is 0 Å². The highest BCUT2D eigenvalue weighted by Gasteiger charge is 2.16. The molecule has 0 fully saturated rings. The monoisotopic (exact) mass is 289 g/mol. The van der Waals surface area contributed by atoms with Crippen LogP contribution in [0.25, 0.3) is 0 Å². The Bertz CT molecular complexity index is 574. The molecule has 0 aliphatic carbocycles. The Morgan fingerprint density at radius 3 is 2.38 bits per heavy atom. The fraction of sp³-hybridized carbons (Fsp3) is 0.400. The van der Waals surface area contributed by atoms with E-state index in [0.717, 1.165) is 0 Å². The molecule has 0 aromatic heterocycles. The summed E-state index contributed by atoms with van der Waals surface area (Å²) in [6.45, 7) is 5.22. The highest BCUT2D eigenvalue weighted by molar-refractivity contribution is 5.89. The zero-order valence-electron chi connectivity index (χ0n) is 12.5. The summed E-state index contributed by atoms with van der Waals surface area (Å²) >= 11 is 0. The predicted octanol–water partition coefficient (Wildman–Crippen LogP) is 1.56. The van der Waals surface area contributed by atoms with Crippen LogP contribution < -0.4 is 4.90 Å². The second kappa shape index (κ2) is 7.29. The Morgan fingerprint density at radius 1 is 1.29 bits per heavy atom. The smallest absolute Gasteiger partial charge is 0.335 e. The number of hydrogen-bond donors (Lipinski definition) is 1. The molecule has 0 saturated carbocycles. The van der Waals surface area contributed by atoms with Gasteiger partial charge < -0.3 is 14.9 Å². The van der Waals surface area contributed by atoms with Crippen molar-refractivity contribution in [3.8, 4) is 6.07 Å². The molecule has 1 N–H and O–H groups in total. The van der Waals surface area contributed by atoms with Crippen LogP contribution in [0.4, 0.5) is 5.69 Å². The average molecular weight is 289 g/mol. The van der Waals surface area contributed by atoms with Crippen LogP contribution in [0.2, 0.25) is 0 Å². The Labute approximate surface area is 124 Å². The Balaban J connectivity index is 2.97. The number of rotatable bonds is 6. The Morgan fingerprint density at radius 2 is 1.90 bits per heavy atom. The van der Waals surface area contributed by atoms with Crippen molar-refractivity contribution < 1.29 is 14.7 Å². The molecule has 0 aliphatic heterocycles. The van der Waals surface area contributed by atoms with Crippen molar-refractivity contribution >= 4 is 17.6 Å². The van der Waals surface area contributed by atoms with Crippen molar-refractivity contribution in [2.75, 3.05) is 31.6 Å². The third-order valence-electron chi connectivity index (χ3n) is 3.26. The quantitative estimate of drug-likeness (QED) is 0.859. The normalized spacial score (nSPS) is 9.81. The minimum atomic E-state index is -1.08. The molecule has 0 radical (unpaired) electrons. The zero-order chi connectivity index (χ0) is 16.0. The maximum atomic E-state index is 12.1. The van der Waals surface area contributed by atoms with Crippen LogP contribution in [0.15, 0.2) is 18.2 Å². The predicted molar refractivity (Wildman–Crippen MR) is 79.3 cm³/mol. The van der Waals surface area contributed by atoms with Crippen molar-refractivity contribution in [2.24, 2.45) is 0 Å². The maximum absolute atomic E-state index is 12.1.